The second-order valence-corrected chi connectivity index (χ2v) is 5.12. The van der Waals surface area contributed by atoms with E-state index < -0.39 is 0 Å². The van der Waals surface area contributed by atoms with Crippen LogP contribution in [0, 0.1) is 0 Å². The highest BCUT2D eigenvalue weighted by Crippen LogP contribution is 2.38. The summed E-state index contributed by atoms with van der Waals surface area (Å²) < 4.78 is 11.3. The van der Waals surface area contributed by atoms with Crippen LogP contribution < -0.4 is 9.47 Å². The van der Waals surface area contributed by atoms with Gasteiger partial charge in [0.25, 0.3) is 0 Å². The van der Waals surface area contributed by atoms with Crippen LogP contribution >= 0.6 is 27.3 Å². The van der Waals surface area contributed by atoms with Gasteiger partial charge >= 0.3 is 0 Å². The highest BCUT2D eigenvalue weighted by molar-refractivity contribution is 9.10. The molecule has 0 fully saturated rings. The average Bonchev–Trinajstić information content (AvgIpc) is 2.87. The van der Waals surface area contributed by atoms with Crippen molar-refractivity contribution in [3.63, 3.8) is 0 Å². The van der Waals surface area contributed by atoms with Crippen molar-refractivity contribution in [1.29, 1.82) is 0 Å². The fourth-order valence-electron chi connectivity index (χ4n) is 1.53. The molecule has 4 nitrogen and oxygen atoms in total. The molecule has 0 aliphatic rings. The number of hydrogen-bond acceptors (Lipinski definition) is 5. The van der Waals surface area contributed by atoms with E-state index in [1.807, 2.05) is 11.4 Å². The maximum atomic E-state index is 10.7. The van der Waals surface area contributed by atoms with Gasteiger partial charge in [0.2, 0.25) is 0 Å². The molecule has 0 amide bonds. The van der Waals surface area contributed by atoms with E-state index in [9.17, 15) is 4.79 Å². The van der Waals surface area contributed by atoms with Gasteiger partial charge in [0.05, 0.1) is 24.4 Å². The van der Waals surface area contributed by atoms with Crippen molar-refractivity contribution in [2.24, 2.45) is 0 Å². The molecule has 0 spiro atoms. The van der Waals surface area contributed by atoms with Gasteiger partial charge in [0, 0.05) is 17.0 Å². The second-order valence-electron chi connectivity index (χ2n) is 3.38. The van der Waals surface area contributed by atoms with Crippen molar-refractivity contribution in [3.05, 3.63) is 27.0 Å². The smallest absolute Gasteiger partial charge is 0.178 e. The molecular weight excluding hydrogens is 318 g/mol. The Labute approximate surface area is 117 Å². The van der Waals surface area contributed by atoms with Crippen LogP contribution in [0.2, 0.25) is 0 Å². The van der Waals surface area contributed by atoms with Gasteiger partial charge in [-0.15, -0.1) is 11.3 Å². The first-order valence-electron chi connectivity index (χ1n) is 5.02. The molecule has 0 aliphatic heterocycles. The summed E-state index contributed by atoms with van der Waals surface area (Å²) in [4.78, 5) is 14.9. The lowest BCUT2D eigenvalue weighted by Crippen LogP contribution is -1.92. The number of carbonyl (C=O) groups excluding carboxylic acids is 1. The van der Waals surface area contributed by atoms with Crippen LogP contribution in [-0.4, -0.2) is 25.5 Å². The number of aromatic nitrogens is 1. The second kappa shape index (κ2) is 5.49. The van der Waals surface area contributed by atoms with Crippen LogP contribution in [0.15, 0.2) is 22.0 Å². The van der Waals surface area contributed by atoms with Crippen LogP contribution in [0.5, 0.6) is 11.5 Å². The van der Waals surface area contributed by atoms with Crippen LogP contribution in [-0.2, 0) is 0 Å². The number of methoxy groups -OCH3 is 2. The van der Waals surface area contributed by atoms with E-state index in [1.54, 1.807) is 20.3 Å². The van der Waals surface area contributed by atoms with Crippen molar-refractivity contribution >= 4 is 33.6 Å². The van der Waals surface area contributed by atoms with Crippen LogP contribution in [0.1, 0.15) is 9.80 Å². The Bertz CT molecular complexity index is 583. The molecule has 0 radical (unpaired) electrons. The summed E-state index contributed by atoms with van der Waals surface area (Å²) in [6.07, 6.45) is 0.735. The number of benzene rings is 1. The molecule has 0 atom stereocenters. The van der Waals surface area contributed by atoms with Gasteiger partial charge in [-0.05, 0) is 22.0 Å². The molecule has 0 bridgehead atoms. The zero-order valence-electron chi connectivity index (χ0n) is 9.77. The van der Waals surface area contributed by atoms with Gasteiger partial charge in [-0.25, -0.2) is 4.98 Å². The van der Waals surface area contributed by atoms with E-state index in [2.05, 4.69) is 20.9 Å². The Hall–Kier alpha value is -1.40. The third-order valence-corrected chi connectivity index (χ3v) is 3.76. The molecule has 6 heteroatoms. The Morgan fingerprint density at radius 3 is 2.56 bits per heavy atom. The molecule has 94 valence electrons. The number of carbonyl (C=O) groups is 1. The lowest BCUT2D eigenvalue weighted by Gasteiger charge is -2.10. The van der Waals surface area contributed by atoms with Gasteiger partial charge in [-0.3, -0.25) is 4.79 Å². The van der Waals surface area contributed by atoms with Gasteiger partial charge in [0.15, 0.2) is 11.3 Å². The Kier molecular flexibility index (Phi) is 3.98. The Morgan fingerprint density at radius 2 is 2.00 bits per heavy atom. The van der Waals surface area contributed by atoms with E-state index in [0.29, 0.717) is 22.2 Å². The third kappa shape index (κ3) is 2.39. The summed E-state index contributed by atoms with van der Waals surface area (Å²) in [7, 11) is 3.17. The minimum absolute atomic E-state index is 0.444. The summed E-state index contributed by atoms with van der Waals surface area (Å²) in [6, 6.07) is 3.64. The van der Waals surface area contributed by atoms with Crippen LogP contribution in [0.3, 0.4) is 0 Å². The molecule has 0 N–H and O–H groups in total. The quantitative estimate of drug-likeness (QED) is 0.807. The third-order valence-electron chi connectivity index (χ3n) is 2.37. The lowest BCUT2D eigenvalue weighted by molar-refractivity contribution is 0.112. The number of aldehydes is 1. The Morgan fingerprint density at radius 1 is 1.28 bits per heavy atom. The zero-order chi connectivity index (χ0) is 13.1. The van der Waals surface area contributed by atoms with E-state index in [4.69, 9.17) is 9.47 Å². The SMILES string of the molecule is COc1cc(OC)c(-c2csc(C=O)n2)cc1Br. The predicted molar refractivity (Wildman–Crippen MR) is 73.7 cm³/mol. The number of thiazole rings is 1. The first-order valence-corrected chi connectivity index (χ1v) is 6.69. The van der Waals surface area contributed by atoms with Crippen LogP contribution in [0.4, 0.5) is 0 Å². The molecule has 0 unspecified atom stereocenters. The molecule has 0 saturated heterocycles. The predicted octanol–water partition coefficient (Wildman–Crippen LogP) is 3.40. The largest absolute Gasteiger partial charge is 0.496 e. The number of halogens is 1. The number of rotatable bonds is 4. The topological polar surface area (TPSA) is 48.4 Å². The summed E-state index contributed by atoms with van der Waals surface area (Å²) in [5.74, 6) is 1.33. The van der Waals surface area contributed by atoms with Gasteiger partial charge in [0.1, 0.15) is 11.5 Å². The van der Waals surface area contributed by atoms with Crippen molar-refractivity contribution < 1.29 is 14.3 Å². The first kappa shape index (κ1) is 13.0. The van der Waals surface area contributed by atoms with Crippen molar-refractivity contribution in [3.8, 4) is 22.8 Å². The molecule has 18 heavy (non-hydrogen) atoms. The van der Waals surface area contributed by atoms with Gasteiger partial charge < -0.3 is 9.47 Å². The normalized spacial score (nSPS) is 10.2. The number of hydrogen-bond donors (Lipinski definition) is 0. The summed E-state index contributed by atoms with van der Waals surface area (Å²) in [6.45, 7) is 0. The fourth-order valence-corrected chi connectivity index (χ4v) is 2.65. The molecule has 1 aromatic carbocycles. The van der Waals surface area contributed by atoms with Crippen molar-refractivity contribution in [1.82, 2.24) is 4.98 Å². The summed E-state index contributed by atoms with van der Waals surface area (Å²) >= 11 is 4.72. The highest BCUT2D eigenvalue weighted by Gasteiger charge is 2.13. The van der Waals surface area contributed by atoms with E-state index >= 15 is 0 Å². The van der Waals surface area contributed by atoms with Gasteiger partial charge in [-0.1, -0.05) is 0 Å². The monoisotopic (exact) mass is 327 g/mol. The lowest BCUT2D eigenvalue weighted by atomic mass is 10.1. The van der Waals surface area contributed by atoms with E-state index in [-0.39, 0.29) is 0 Å². The van der Waals surface area contributed by atoms with E-state index in [0.717, 1.165) is 16.3 Å². The fraction of sp³-hybridized carbons (Fsp3) is 0.167. The summed E-state index contributed by atoms with van der Waals surface area (Å²) in [5, 5.41) is 2.26. The maximum Gasteiger partial charge on any atom is 0.178 e. The summed E-state index contributed by atoms with van der Waals surface area (Å²) in [5.41, 5.74) is 1.52. The van der Waals surface area contributed by atoms with Crippen molar-refractivity contribution in [2.75, 3.05) is 14.2 Å². The molecule has 2 rings (SSSR count). The number of nitrogens with zero attached hydrogens (tertiary/aromatic N) is 1. The molecule has 2 aromatic rings. The molecule has 0 aliphatic carbocycles. The number of ether oxygens (including phenoxy) is 2. The molecule has 1 aromatic heterocycles. The highest BCUT2D eigenvalue weighted by atomic mass is 79.9. The molecule has 0 saturated carbocycles. The molecule has 1 heterocycles. The standard InChI is InChI=1S/C12H10BrNO3S/c1-16-10-4-11(17-2)8(13)3-7(10)9-6-18-12(5-15)14-9/h3-6H,1-2H3. The zero-order valence-corrected chi connectivity index (χ0v) is 12.2. The van der Waals surface area contributed by atoms with E-state index in [1.165, 1.54) is 11.3 Å². The van der Waals surface area contributed by atoms with Crippen molar-refractivity contribution in [2.45, 2.75) is 0 Å². The van der Waals surface area contributed by atoms with Gasteiger partial charge in [-0.2, -0.15) is 0 Å². The minimum atomic E-state index is 0.444. The Balaban J connectivity index is 2.55. The first-order chi connectivity index (χ1) is 8.69. The minimum Gasteiger partial charge on any atom is -0.496 e. The maximum absolute atomic E-state index is 10.7. The van der Waals surface area contributed by atoms with Crippen LogP contribution in [0.25, 0.3) is 11.3 Å². The molecular formula is C12H10BrNO3S. The average molecular weight is 328 g/mol.